The molecule has 1 fully saturated rings. The van der Waals surface area contributed by atoms with E-state index >= 15 is 0 Å². The molecule has 1 aliphatic rings. The Kier molecular flexibility index (Phi) is 18.8. The Labute approximate surface area is 239 Å². The zero-order valence-corrected chi connectivity index (χ0v) is 24.2. The monoisotopic (exact) mass is 566 g/mol. The summed E-state index contributed by atoms with van der Waals surface area (Å²) in [7, 11) is 0. The molecular weight excluding hydrogens is 516 g/mol. The van der Waals surface area contributed by atoms with Crippen LogP contribution in [0.25, 0.3) is 0 Å². The minimum absolute atomic E-state index is 0.0258. The first kappa shape index (κ1) is 35.4. The van der Waals surface area contributed by atoms with Gasteiger partial charge in [-0.15, -0.1) is 6.42 Å². The number of aliphatic carboxylic acids is 3. The number of carbonyl (C=O) groups excluding carboxylic acids is 1. The lowest BCUT2D eigenvalue weighted by Crippen LogP contribution is -2.35. The van der Waals surface area contributed by atoms with Crippen LogP contribution < -0.4 is 0 Å². The van der Waals surface area contributed by atoms with Gasteiger partial charge >= 0.3 is 23.9 Å². The van der Waals surface area contributed by atoms with Gasteiger partial charge in [-0.05, 0) is 56.8 Å². The highest BCUT2D eigenvalue weighted by atomic mass is 16.6. The van der Waals surface area contributed by atoms with Gasteiger partial charge in [0.25, 0.3) is 0 Å². The van der Waals surface area contributed by atoms with E-state index in [-0.39, 0.29) is 43.2 Å². The average molecular weight is 567 g/mol. The van der Waals surface area contributed by atoms with Crippen LogP contribution in [0.4, 0.5) is 0 Å². The van der Waals surface area contributed by atoms with E-state index < -0.39 is 30.1 Å². The van der Waals surface area contributed by atoms with E-state index in [1.807, 2.05) is 0 Å². The number of ether oxygens (including phenoxy) is 2. The van der Waals surface area contributed by atoms with Gasteiger partial charge in [0.1, 0.15) is 6.10 Å². The van der Waals surface area contributed by atoms with Gasteiger partial charge in [-0.2, -0.15) is 0 Å². The van der Waals surface area contributed by atoms with Gasteiger partial charge in [-0.3, -0.25) is 19.2 Å². The zero-order chi connectivity index (χ0) is 29.8. The lowest BCUT2D eigenvalue weighted by Gasteiger charge is -2.27. The van der Waals surface area contributed by atoms with Crippen LogP contribution in [0.1, 0.15) is 129 Å². The molecule has 1 rings (SSSR count). The Bertz CT molecular complexity index is 803. The molecule has 0 saturated carbocycles. The highest BCUT2D eigenvalue weighted by Crippen LogP contribution is 2.43. The van der Waals surface area contributed by atoms with E-state index in [4.69, 9.17) is 31.2 Å². The second kappa shape index (κ2) is 21.2. The Morgan fingerprint density at radius 2 is 1.18 bits per heavy atom. The molecule has 0 spiro atoms. The minimum atomic E-state index is -0.815. The third-order valence-corrected chi connectivity index (χ3v) is 7.72. The van der Waals surface area contributed by atoms with Crippen molar-refractivity contribution in [3.8, 4) is 12.3 Å². The summed E-state index contributed by atoms with van der Waals surface area (Å²) in [6.45, 7) is 2.06. The van der Waals surface area contributed by atoms with Gasteiger partial charge in [0.2, 0.25) is 0 Å². The van der Waals surface area contributed by atoms with E-state index in [1.165, 1.54) is 0 Å². The molecule has 9 nitrogen and oxygen atoms in total. The van der Waals surface area contributed by atoms with Crippen molar-refractivity contribution in [1.29, 1.82) is 0 Å². The number of carbonyl (C=O) groups is 4. The molecule has 3 N–H and O–H groups in total. The van der Waals surface area contributed by atoms with E-state index in [0.29, 0.717) is 25.7 Å². The molecule has 0 aliphatic carbocycles. The first-order valence-electron chi connectivity index (χ1n) is 15.2. The van der Waals surface area contributed by atoms with E-state index in [9.17, 15) is 19.2 Å². The molecule has 1 aliphatic heterocycles. The highest BCUT2D eigenvalue weighted by molar-refractivity contribution is 5.70. The maximum Gasteiger partial charge on any atom is 0.307 e. The largest absolute Gasteiger partial charge is 0.481 e. The molecule has 9 heteroatoms. The van der Waals surface area contributed by atoms with Gasteiger partial charge in [-0.25, -0.2) is 0 Å². The van der Waals surface area contributed by atoms with Crippen LogP contribution in [0.15, 0.2) is 0 Å². The SMILES string of the molecule is C#C[C@H](OC(=O)CCCCC)[C@@H]1OC(CCCCCC(=O)O)[C@@H](CCCCCC(=O)O)[C@H]1CCCCCC(=O)O. The second-order valence-electron chi connectivity index (χ2n) is 11.0. The van der Waals surface area contributed by atoms with Gasteiger partial charge < -0.3 is 24.8 Å². The van der Waals surface area contributed by atoms with Crippen molar-refractivity contribution >= 4 is 23.9 Å². The maximum atomic E-state index is 12.5. The van der Waals surface area contributed by atoms with Crippen LogP contribution in [0, 0.1) is 24.2 Å². The smallest absolute Gasteiger partial charge is 0.307 e. The molecule has 1 heterocycles. The number of esters is 1. The molecule has 0 radical (unpaired) electrons. The van der Waals surface area contributed by atoms with Crippen LogP contribution >= 0.6 is 0 Å². The maximum absolute atomic E-state index is 12.5. The average Bonchev–Trinajstić information content (AvgIpc) is 3.23. The van der Waals surface area contributed by atoms with Crippen LogP contribution in [-0.4, -0.2) is 57.5 Å². The van der Waals surface area contributed by atoms with Crippen molar-refractivity contribution in [2.24, 2.45) is 11.8 Å². The van der Waals surface area contributed by atoms with Crippen molar-refractivity contribution in [2.45, 2.75) is 147 Å². The molecule has 5 atom stereocenters. The van der Waals surface area contributed by atoms with Crippen molar-refractivity contribution in [3.05, 3.63) is 0 Å². The van der Waals surface area contributed by atoms with E-state index in [0.717, 1.165) is 77.0 Å². The molecule has 0 aromatic heterocycles. The van der Waals surface area contributed by atoms with E-state index in [2.05, 4.69) is 12.8 Å². The fraction of sp³-hybridized carbons (Fsp3) is 0.806. The molecule has 1 saturated heterocycles. The lowest BCUT2D eigenvalue weighted by molar-refractivity contribution is -0.154. The van der Waals surface area contributed by atoms with Gasteiger partial charge in [0.05, 0.1) is 6.10 Å². The number of hydrogen-bond acceptors (Lipinski definition) is 6. The summed E-state index contributed by atoms with van der Waals surface area (Å²) in [4.78, 5) is 45.3. The first-order valence-corrected chi connectivity index (χ1v) is 15.2. The Balaban J connectivity index is 3.00. The number of rotatable bonds is 24. The molecule has 0 bridgehead atoms. The molecular formula is C31H50O9. The predicted octanol–water partition coefficient (Wildman–Crippen LogP) is 6.22. The predicted molar refractivity (Wildman–Crippen MR) is 151 cm³/mol. The summed E-state index contributed by atoms with van der Waals surface area (Å²) >= 11 is 0. The van der Waals surface area contributed by atoms with Crippen molar-refractivity contribution in [3.63, 3.8) is 0 Å². The first-order chi connectivity index (χ1) is 19.2. The van der Waals surface area contributed by atoms with Crippen molar-refractivity contribution < 1.29 is 44.0 Å². The lowest BCUT2D eigenvalue weighted by atomic mass is 9.78. The number of carboxylic acid groups (broad SMARTS) is 3. The summed E-state index contributed by atoms with van der Waals surface area (Å²) < 4.78 is 12.3. The van der Waals surface area contributed by atoms with Gasteiger partial charge in [-0.1, -0.05) is 64.2 Å². The van der Waals surface area contributed by atoms with Crippen LogP contribution in [0.3, 0.4) is 0 Å². The summed E-state index contributed by atoms with van der Waals surface area (Å²) in [6, 6.07) is 0. The second-order valence-corrected chi connectivity index (χ2v) is 11.0. The zero-order valence-electron chi connectivity index (χ0n) is 24.2. The molecule has 40 heavy (non-hydrogen) atoms. The van der Waals surface area contributed by atoms with Crippen LogP contribution in [-0.2, 0) is 28.7 Å². The molecule has 0 aromatic carbocycles. The Morgan fingerprint density at radius 3 is 1.65 bits per heavy atom. The topological polar surface area (TPSA) is 147 Å². The molecule has 0 amide bonds. The number of unbranched alkanes of at least 4 members (excludes halogenated alkanes) is 8. The summed E-state index contributed by atoms with van der Waals surface area (Å²) in [5, 5.41) is 26.9. The van der Waals surface area contributed by atoms with Gasteiger partial charge in [0.15, 0.2) is 6.10 Å². The molecule has 1 unspecified atom stereocenters. The standard InChI is InChI=1S/C31H50O9/c1-3-5-9-22-30(38)39-25(4-2)31-24(17-11-7-14-20-28(34)35)23(16-10-6-13-19-27(32)33)26(40-31)18-12-8-15-21-29(36)37/h2,23-26,31H,3,5-22H2,1H3,(H,32,33)(H,34,35)(H,36,37)/t23-,24+,25-,26?,31+/m0/s1. The van der Waals surface area contributed by atoms with Crippen molar-refractivity contribution in [2.75, 3.05) is 0 Å². The fourth-order valence-corrected chi connectivity index (χ4v) is 5.66. The minimum Gasteiger partial charge on any atom is -0.481 e. The van der Waals surface area contributed by atoms with Crippen LogP contribution in [0.2, 0.25) is 0 Å². The third kappa shape index (κ3) is 15.3. The third-order valence-electron chi connectivity index (χ3n) is 7.72. The van der Waals surface area contributed by atoms with E-state index in [1.54, 1.807) is 0 Å². The number of hydrogen-bond donors (Lipinski definition) is 3. The molecule has 0 aromatic rings. The molecule has 228 valence electrons. The summed E-state index contributed by atoms with van der Waals surface area (Å²) in [5.74, 6) is 0.0643. The number of carboxylic acids is 3. The highest BCUT2D eigenvalue weighted by Gasteiger charge is 2.47. The summed E-state index contributed by atoms with van der Waals surface area (Å²) in [5.41, 5.74) is 0. The quantitative estimate of drug-likeness (QED) is 0.0704. The Hall–Kier alpha value is -2.60. The van der Waals surface area contributed by atoms with Crippen molar-refractivity contribution in [1.82, 2.24) is 0 Å². The fourth-order valence-electron chi connectivity index (χ4n) is 5.66. The normalized spacial score (nSPS) is 21.0. The Morgan fingerprint density at radius 1 is 0.700 bits per heavy atom. The summed E-state index contributed by atoms with van der Waals surface area (Å²) in [6.07, 6.45) is 16.7. The van der Waals surface area contributed by atoms with Gasteiger partial charge in [0, 0.05) is 25.7 Å². The number of terminal acetylenes is 1. The van der Waals surface area contributed by atoms with Crippen LogP contribution in [0.5, 0.6) is 0 Å².